The molecule has 0 amide bonds. The Labute approximate surface area is 226 Å². The average molecular weight is 529 g/mol. The van der Waals surface area contributed by atoms with E-state index in [1.807, 2.05) is 61.3 Å². The molecule has 2 aromatic carbocycles. The highest BCUT2D eigenvalue weighted by atomic mass is 32.1. The van der Waals surface area contributed by atoms with Crippen molar-refractivity contribution >= 4 is 34.6 Å². The van der Waals surface area contributed by atoms with Gasteiger partial charge in [0.25, 0.3) is 0 Å². The van der Waals surface area contributed by atoms with Crippen LogP contribution in [0.3, 0.4) is 0 Å². The number of carbonyl (C=O) groups is 1. The number of aromatic nitrogens is 3. The van der Waals surface area contributed by atoms with Crippen molar-refractivity contribution in [1.82, 2.24) is 15.0 Å². The first kappa shape index (κ1) is 26.0. The van der Waals surface area contributed by atoms with Crippen LogP contribution in [-0.4, -0.2) is 31.1 Å². The molecule has 2 N–H and O–H groups in total. The van der Waals surface area contributed by atoms with Crippen LogP contribution in [0.25, 0.3) is 10.4 Å². The first-order valence-electron chi connectivity index (χ1n) is 12.8. The number of anilines is 3. The number of nitrogens with zero attached hydrogens (tertiary/aromatic N) is 4. The minimum Gasteiger partial charge on any atom is -0.481 e. The molecule has 0 aliphatic heterocycles. The molecule has 2 atom stereocenters. The number of rotatable bonds is 7. The van der Waals surface area contributed by atoms with Gasteiger partial charge in [0.05, 0.1) is 17.0 Å². The molecule has 5 rings (SSSR count). The fourth-order valence-electron chi connectivity index (χ4n) is 5.55. The molecule has 7 nitrogen and oxygen atoms in total. The van der Waals surface area contributed by atoms with Crippen molar-refractivity contribution in [3.8, 4) is 10.4 Å². The van der Waals surface area contributed by atoms with Gasteiger partial charge in [-0.1, -0.05) is 31.2 Å². The molecule has 8 heteroatoms. The Bertz CT molecular complexity index is 1460. The molecule has 38 heavy (non-hydrogen) atoms. The molecular weight excluding hydrogens is 496 g/mol. The standard InChI is InChI=1S/C30H32N4O3S/c1-20-14-22(25-18-32-27(38-25)30(37)12-7-11-29(3,19-30)17-26(35)36)16-24(15-20)34(23-8-5-4-6-9-23)28-31-13-10-21(2)33-28/h4-6,8-10,13-16,18,37H,7,11-12,17,19H2,1-3H3,(H,35,36)/t29-,30-/m0/s1. The molecule has 4 aromatic rings. The maximum atomic E-state index is 11.6. The Morgan fingerprint density at radius 1 is 1.05 bits per heavy atom. The third-order valence-corrected chi connectivity index (χ3v) is 8.41. The van der Waals surface area contributed by atoms with E-state index in [1.165, 1.54) is 11.3 Å². The van der Waals surface area contributed by atoms with E-state index >= 15 is 0 Å². The Morgan fingerprint density at radius 3 is 2.58 bits per heavy atom. The zero-order chi connectivity index (χ0) is 26.9. The Hall–Kier alpha value is -3.62. The lowest BCUT2D eigenvalue weighted by molar-refractivity contribution is -0.142. The first-order chi connectivity index (χ1) is 18.1. The van der Waals surface area contributed by atoms with E-state index in [1.54, 1.807) is 6.20 Å². The molecule has 1 aliphatic carbocycles. The average Bonchev–Trinajstić information content (AvgIpc) is 3.35. The molecule has 1 fully saturated rings. The zero-order valence-corrected chi connectivity index (χ0v) is 22.7. The maximum absolute atomic E-state index is 11.6. The predicted molar refractivity (Wildman–Crippen MR) is 150 cm³/mol. The molecule has 1 saturated carbocycles. The molecule has 2 heterocycles. The van der Waals surface area contributed by atoms with E-state index in [0.717, 1.165) is 45.9 Å². The lowest BCUT2D eigenvalue weighted by Crippen LogP contribution is -2.39. The van der Waals surface area contributed by atoms with Gasteiger partial charge in [-0.25, -0.2) is 15.0 Å². The molecule has 0 bridgehead atoms. The molecule has 0 saturated heterocycles. The number of carboxylic acid groups (broad SMARTS) is 1. The third kappa shape index (κ3) is 5.47. The number of para-hydroxylation sites is 1. The summed E-state index contributed by atoms with van der Waals surface area (Å²) in [6.45, 7) is 5.96. The lowest BCUT2D eigenvalue weighted by atomic mass is 9.67. The van der Waals surface area contributed by atoms with Crippen LogP contribution in [0.1, 0.15) is 55.3 Å². The summed E-state index contributed by atoms with van der Waals surface area (Å²) in [4.78, 5) is 28.3. The quantitative estimate of drug-likeness (QED) is 0.268. The number of hydrogen-bond donors (Lipinski definition) is 2. The second-order valence-electron chi connectivity index (χ2n) is 10.7. The van der Waals surface area contributed by atoms with Crippen molar-refractivity contribution in [2.45, 2.75) is 58.5 Å². The van der Waals surface area contributed by atoms with Gasteiger partial charge in [-0.05, 0) is 86.4 Å². The van der Waals surface area contributed by atoms with E-state index in [4.69, 9.17) is 4.98 Å². The van der Waals surface area contributed by atoms with Crippen LogP contribution in [0.15, 0.2) is 67.0 Å². The zero-order valence-electron chi connectivity index (χ0n) is 21.9. The molecule has 1 aliphatic rings. The maximum Gasteiger partial charge on any atom is 0.303 e. The minimum absolute atomic E-state index is 0.0468. The van der Waals surface area contributed by atoms with Crippen LogP contribution in [0.2, 0.25) is 0 Å². The van der Waals surface area contributed by atoms with Crippen molar-refractivity contribution in [3.05, 3.63) is 83.3 Å². The number of hydrogen-bond acceptors (Lipinski definition) is 7. The van der Waals surface area contributed by atoms with Gasteiger partial charge in [-0.3, -0.25) is 9.69 Å². The second-order valence-corrected chi connectivity index (χ2v) is 11.7. The number of aliphatic carboxylic acids is 1. The van der Waals surface area contributed by atoms with Crippen molar-refractivity contribution in [2.75, 3.05) is 4.90 Å². The fourth-order valence-corrected chi connectivity index (χ4v) is 6.57. The van der Waals surface area contributed by atoms with Crippen LogP contribution in [0, 0.1) is 19.3 Å². The van der Waals surface area contributed by atoms with Gasteiger partial charge in [0.2, 0.25) is 5.95 Å². The normalized spacial score (nSPS) is 21.3. The second kappa shape index (κ2) is 10.3. The summed E-state index contributed by atoms with van der Waals surface area (Å²) < 4.78 is 0. The number of benzene rings is 2. The lowest BCUT2D eigenvalue weighted by Gasteiger charge is -2.41. The van der Waals surface area contributed by atoms with Crippen LogP contribution < -0.4 is 4.90 Å². The Morgan fingerprint density at radius 2 is 1.84 bits per heavy atom. The van der Waals surface area contributed by atoms with Crippen molar-refractivity contribution < 1.29 is 15.0 Å². The van der Waals surface area contributed by atoms with Crippen LogP contribution in [0.5, 0.6) is 0 Å². The summed E-state index contributed by atoms with van der Waals surface area (Å²) in [5.74, 6) is -0.239. The van der Waals surface area contributed by atoms with Gasteiger partial charge in [0, 0.05) is 23.8 Å². The topological polar surface area (TPSA) is 99.4 Å². The van der Waals surface area contributed by atoms with E-state index in [9.17, 15) is 15.0 Å². The van der Waals surface area contributed by atoms with Gasteiger partial charge in [-0.2, -0.15) is 0 Å². The smallest absolute Gasteiger partial charge is 0.303 e. The van der Waals surface area contributed by atoms with Gasteiger partial charge < -0.3 is 10.2 Å². The third-order valence-electron chi connectivity index (χ3n) is 7.17. The summed E-state index contributed by atoms with van der Waals surface area (Å²) in [5.41, 5.74) is 3.25. The van der Waals surface area contributed by atoms with Crippen molar-refractivity contribution in [1.29, 1.82) is 0 Å². The predicted octanol–water partition coefficient (Wildman–Crippen LogP) is 6.93. The van der Waals surface area contributed by atoms with E-state index in [0.29, 0.717) is 23.8 Å². The van der Waals surface area contributed by atoms with Gasteiger partial charge in [-0.15, -0.1) is 11.3 Å². The summed E-state index contributed by atoms with van der Waals surface area (Å²) in [5, 5.41) is 21.6. The molecular formula is C30H32N4O3S. The van der Waals surface area contributed by atoms with Crippen molar-refractivity contribution in [3.63, 3.8) is 0 Å². The molecule has 0 radical (unpaired) electrons. The van der Waals surface area contributed by atoms with E-state index < -0.39 is 17.0 Å². The Kier molecular flexibility index (Phi) is 7.03. The van der Waals surface area contributed by atoms with E-state index in [-0.39, 0.29) is 6.42 Å². The summed E-state index contributed by atoms with van der Waals surface area (Å²) in [6.07, 6.45) is 6.17. The summed E-state index contributed by atoms with van der Waals surface area (Å²) >= 11 is 1.48. The highest BCUT2D eigenvalue weighted by molar-refractivity contribution is 7.15. The minimum atomic E-state index is -1.12. The molecule has 0 unspecified atom stereocenters. The van der Waals surface area contributed by atoms with Gasteiger partial charge in [0.15, 0.2) is 0 Å². The van der Waals surface area contributed by atoms with E-state index in [2.05, 4.69) is 35.1 Å². The summed E-state index contributed by atoms with van der Waals surface area (Å²) in [6, 6.07) is 18.2. The SMILES string of the molecule is Cc1cc(-c2cnc([C@]3(O)CCC[C@@](C)(CC(=O)O)C3)s2)cc(N(c2ccccc2)c2nccc(C)n2)c1. The van der Waals surface area contributed by atoms with Crippen LogP contribution in [0.4, 0.5) is 17.3 Å². The molecule has 2 aromatic heterocycles. The first-order valence-corrected chi connectivity index (χ1v) is 13.6. The number of aliphatic hydroxyl groups is 1. The highest BCUT2D eigenvalue weighted by Crippen LogP contribution is 2.50. The van der Waals surface area contributed by atoms with Crippen LogP contribution >= 0.6 is 11.3 Å². The Balaban J connectivity index is 1.52. The summed E-state index contributed by atoms with van der Waals surface area (Å²) in [7, 11) is 0. The van der Waals surface area contributed by atoms with Crippen molar-refractivity contribution in [2.24, 2.45) is 5.41 Å². The van der Waals surface area contributed by atoms with Gasteiger partial charge in [0.1, 0.15) is 10.6 Å². The highest BCUT2D eigenvalue weighted by Gasteiger charge is 2.45. The van der Waals surface area contributed by atoms with Gasteiger partial charge >= 0.3 is 5.97 Å². The van der Waals surface area contributed by atoms with Crippen LogP contribution in [-0.2, 0) is 10.4 Å². The fraction of sp³-hybridized carbons (Fsp3) is 0.333. The number of thiazole rings is 1. The largest absolute Gasteiger partial charge is 0.481 e. The molecule has 0 spiro atoms. The number of aryl methyl sites for hydroxylation is 2. The number of carboxylic acids is 1. The monoisotopic (exact) mass is 528 g/mol. The molecule has 196 valence electrons.